The Bertz CT molecular complexity index is 68.7. The molecule has 0 saturated heterocycles. The zero-order valence-electron chi connectivity index (χ0n) is 6.93. The molecule has 5 nitrogen and oxygen atoms in total. The predicted molar refractivity (Wildman–Crippen MR) is 29.6 cm³/mol. The fourth-order valence-electron chi connectivity index (χ4n) is 0.306. The van der Waals surface area contributed by atoms with Gasteiger partial charge in [0.2, 0.25) is 0 Å². The first-order valence-corrected chi connectivity index (χ1v) is 5.66. The number of rotatable bonds is 3. The van der Waals surface area contributed by atoms with E-state index in [2.05, 4.69) is 14.1 Å². The molecule has 1 N–H and O–H groups in total. The molecule has 0 aromatic rings. The Balaban J connectivity index is 0. The molecule has 11 heavy (non-hydrogen) atoms. The number of ether oxygens (including phenoxy) is 1. The van der Waals surface area contributed by atoms with Crippen LogP contribution in [0.2, 0.25) is 0 Å². The Labute approximate surface area is 75.6 Å². The minimum atomic E-state index is -4.01. The third-order valence-electron chi connectivity index (χ3n) is 0.806. The molecule has 0 amide bonds. The normalized spacial score (nSPS) is 9.82. The summed E-state index contributed by atoms with van der Waals surface area (Å²) in [6.07, 6.45) is 0. The zero-order valence-corrected chi connectivity index (χ0v) is 9.08. The summed E-state index contributed by atoms with van der Waals surface area (Å²) < 4.78 is 30.6. The summed E-state index contributed by atoms with van der Waals surface area (Å²) in [5, 5.41) is 0. The number of nitrogens with one attached hydrogen (secondary N) is 1. The van der Waals surface area contributed by atoms with Crippen molar-refractivity contribution in [2.24, 2.45) is 0 Å². The van der Waals surface area contributed by atoms with Gasteiger partial charge in [-0.05, 0) is 0 Å². The van der Waals surface area contributed by atoms with Crippen LogP contribution in [0.3, 0.4) is 0 Å². The van der Waals surface area contributed by atoms with Crippen molar-refractivity contribution in [2.45, 2.75) is 0 Å². The van der Waals surface area contributed by atoms with E-state index in [0.29, 0.717) is 0 Å². The molecular weight excluding hydrogens is 265 g/mol. The highest BCUT2D eigenvalue weighted by Crippen LogP contribution is 1.54. The van der Waals surface area contributed by atoms with Gasteiger partial charge in [-0.1, -0.05) is 0 Å². The van der Waals surface area contributed by atoms with Crippen LogP contribution in [0.25, 0.3) is 0 Å². The summed E-state index contributed by atoms with van der Waals surface area (Å²) in [7, 11) is 5.95. The van der Waals surface area contributed by atoms with Crippen LogP contribution in [-0.4, -0.2) is 34.4 Å². The van der Waals surface area contributed by atoms with E-state index in [1.54, 1.807) is 7.11 Å². The Morgan fingerprint density at radius 2 is 1.64 bits per heavy atom. The molecule has 0 rings (SSSR count). The van der Waals surface area contributed by atoms with Crippen LogP contribution in [-0.2, 0) is 4.74 Å². The van der Waals surface area contributed by atoms with Crippen LogP contribution >= 0.6 is 0 Å². The largest absolute Gasteiger partial charge is 0.427 e. The molecule has 0 spiro atoms. The summed E-state index contributed by atoms with van der Waals surface area (Å²) in [4.78, 5) is 1.43. The second kappa shape index (κ2) is 10.5. The molecule has 70 valence electrons. The molecular formula is C5H14INO4. The summed E-state index contributed by atoms with van der Waals surface area (Å²) in [6, 6.07) is 0. The minimum absolute atomic E-state index is 0.863. The number of methoxy groups -OCH3 is 1. The monoisotopic (exact) mass is 279 g/mol. The Kier molecular flexibility index (Phi) is 13.5. The second-order valence-corrected chi connectivity index (χ2v) is 3.22. The van der Waals surface area contributed by atoms with Crippen molar-refractivity contribution in [3.8, 4) is 0 Å². The highest BCUT2D eigenvalue weighted by atomic mass is 127. The standard InChI is InChI=1S/C5H13NO.IO3/c1-6(2)4-5-7-3;2-1(3)4/h4-5H2,1-3H3;/q;-1/p+1. The topological polar surface area (TPSA) is 82.9 Å². The van der Waals surface area contributed by atoms with Gasteiger partial charge < -0.3 is 19.9 Å². The SMILES string of the molecule is COCC[NH+](C)C.[O-][I+2]([O-])[O-]. The van der Waals surface area contributed by atoms with Gasteiger partial charge >= 0.3 is 0 Å². The second-order valence-electron chi connectivity index (χ2n) is 2.14. The lowest BCUT2D eigenvalue weighted by Gasteiger charge is -2.03. The van der Waals surface area contributed by atoms with Crippen molar-refractivity contribution >= 4 is 0 Å². The lowest BCUT2D eigenvalue weighted by Crippen LogP contribution is -4.05. The van der Waals surface area contributed by atoms with Gasteiger partial charge in [0.15, 0.2) is 0 Å². The third kappa shape index (κ3) is 37.3. The molecule has 6 heteroatoms. The van der Waals surface area contributed by atoms with E-state index < -0.39 is 21.1 Å². The zero-order chi connectivity index (χ0) is 9.28. The van der Waals surface area contributed by atoms with Gasteiger partial charge in [0.25, 0.3) is 21.1 Å². The first-order chi connectivity index (χ1) is 5.00. The fourth-order valence-corrected chi connectivity index (χ4v) is 0.306. The van der Waals surface area contributed by atoms with Crippen LogP contribution < -0.4 is 36.3 Å². The number of quaternary nitrogens is 1. The molecule has 0 aromatic heterocycles. The molecule has 0 fully saturated rings. The van der Waals surface area contributed by atoms with E-state index in [1.807, 2.05) is 0 Å². The van der Waals surface area contributed by atoms with Crippen molar-refractivity contribution < 1.29 is 41.0 Å². The molecule has 0 aromatic carbocycles. The average Bonchev–Trinajstić information content (AvgIpc) is 1.82. The summed E-state index contributed by atoms with van der Waals surface area (Å²) in [6.45, 7) is 1.96. The smallest absolute Gasteiger partial charge is 0.282 e. The van der Waals surface area contributed by atoms with Gasteiger partial charge in [-0.15, -0.1) is 0 Å². The molecule has 0 bridgehead atoms. The summed E-state index contributed by atoms with van der Waals surface area (Å²) in [5.74, 6) is 0. The van der Waals surface area contributed by atoms with Crippen molar-refractivity contribution in [1.82, 2.24) is 0 Å². The first-order valence-electron chi connectivity index (χ1n) is 3.01. The number of hydrogen-bond acceptors (Lipinski definition) is 4. The van der Waals surface area contributed by atoms with Gasteiger partial charge in [-0.2, -0.15) is 0 Å². The van der Waals surface area contributed by atoms with E-state index in [1.165, 1.54) is 4.90 Å². The Morgan fingerprint density at radius 1 is 1.27 bits per heavy atom. The van der Waals surface area contributed by atoms with Gasteiger partial charge in [-0.25, -0.2) is 0 Å². The molecule has 0 saturated carbocycles. The number of hydrogen-bond donors (Lipinski definition) is 1. The van der Waals surface area contributed by atoms with E-state index in [4.69, 9.17) is 15.0 Å². The van der Waals surface area contributed by atoms with Crippen LogP contribution in [0, 0.1) is 0 Å². The minimum Gasteiger partial charge on any atom is -0.427 e. The van der Waals surface area contributed by atoms with Gasteiger partial charge in [-0.3, -0.25) is 0 Å². The molecule has 0 atom stereocenters. The molecule has 0 aliphatic rings. The molecule has 0 radical (unpaired) electrons. The molecule has 0 aliphatic heterocycles. The van der Waals surface area contributed by atoms with Gasteiger partial charge in [0.1, 0.15) is 6.54 Å². The maximum absolute atomic E-state index is 8.57. The quantitative estimate of drug-likeness (QED) is 0.520. The number of halogens is 1. The number of likely N-dealkylation sites (N-methyl/N-ethyl adjacent to an activating group) is 1. The van der Waals surface area contributed by atoms with Gasteiger partial charge in [0.05, 0.1) is 20.7 Å². The lowest BCUT2D eigenvalue weighted by molar-refractivity contribution is -1.73. The fraction of sp³-hybridized carbons (Fsp3) is 1.00. The van der Waals surface area contributed by atoms with Crippen LogP contribution in [0.1, 0.15) is 0 Å². The van der Waals surface area contributed by atoms with Crippen molar-refractivity contribution in [3.63, 3.8) is 0 Å². The van der Waals surface area contributed by atoms with E-state index >= 15 is 0 Å². The van der Waals surface area contributed by atoms with Crippen LogP contribution in [0.4, 0.5) is 0 Å². The molecule has 0 unspecified atom stereocenters. The van der Waals surface area contributed by atoms with Crippen LogP contribution in [0.15, 0.2) is 0 Å². The van der Waals surface area contributed by atoms with E-state index in [-0.39, 0.29) is 0 Å². The highest BCUT2D eigenvalue weighted by molar-refractivity contribution is 4.15. The van der Waals surface area contributed by atoms with Crippen molar-refractivity contribution in [3.05, 3.63) is 0 Å². The van der Waals surface area contributed by atoms with Gasteiger partial charge in [0, 0.05) is 7.11 Å². The van der Waals surface area contributed by atoms with E-state index in [9.17, 15) is 0 Å². The summed E-state index contributed by atoms with van der Waals surface area (Å²) >= 11 is -4.01. The Morgan fingerprint density at radius 3 is 1.73 bits per heavy atom. The average molecular weight is 279 g/mol. The lowest BCUT2D eigenvalue weighted by atomic mass is 10.6. The Hall–Kier alpha value is 0.530. The van der Waals surface area contributed by atoms with Crippen molar-refractivity contribution in [2.75, 3.05) is 34.4 Å². The summed E-state index contributed by atoms with van der Waals surface area (Å²) in [5.41, 5.74) is 0. The highest BCUT2D eigenvalue weighted by Gasteiger charge is 1.87. The van der Waals surface area contributed by atoms with Crippen molar-refractivity contribution in [1.29, 1.82) is 0 Å². The predicted octanol–water partition coefficient (Wildman–Crippen LogP) is -7.79. The maximum Gasteiger partial charge on any atom is 0.282 e. The molecule has 0 heterocycles. The van der Waals surface area contributed by atoms with Crippen LogP contribution in [0.5, 0.6) is 0 Å². The molecule has 0 aliphatic carbocycles. The van der Waals surface area contributed by atoms with E-state index in [0.717, 1.165) is 13.2 Å². The maximum atomic E-state index is 8.57. The third-order valence-corrected chi connectivity index (χ3v) is 0.806. The first kappa shape index (κ1) is 14.1.